The summed E-state index contributed by atoms with van der Waals surface area (Å²) >= 11 is 5.55. The molecule has 0 spiro atoms. The maximum atomic E-state index is 11.9. The molecule has 0 unspecified atom stereocenters. The molecule has 23 heavy (non-hydrogen) atoms. The first-order valence-corrected chi connectivity index (χ1v) is 6.27. The first-order chi connectivity index (χ1) is 10.9. The van der Waals surface area contributed by atoms with Crippen molar-refractivity contribution in [3.63, 3.8) is 0 Å². The van der Waals surface area contributed by atoms with Crippen LogP contribution in [0.4, 0.5) is 11.4 Å². The molecule has 0 aliphatic carbocycles. The van der Waals surface area contributed by atoms with Crippen LogP contribution >= 0.6 is 11.6 Å². The zero-order valence-electron chi connectivity index (χ0n) is 11.1. The minimum absolute atomic E-state index is 0.132. The van der Waals surface area contributed by atoms with Crippen LogP contribution in [0.2, 0.25) is 5.22 Å². The molecule has 2 rings (SSSR count). The number of hydrogen-bond acceptors (Lipinski definition) is 7. The van der Waals surface area contributed by atoms with Gasteiger partial charge in [0.2, 0.25) is 0 Å². The highest BCUT2D eigenvalue weighted by Crippen LogP contribution is 2.22. The van der Waals surface area contributed by atoms with Crippen LogP contribution in [0, 0.1) is 20.2 Å². The van der Waals surface area contributed by atoms with Crippen molar-refractivity contribution in [3.8, 4) is 0 Å². The fraction of sp³-hybridized carbons (Fsp3) is 0. The van der Waals surface area contributed by atoms with Crippen LogP contribution in [0.15, 0.2) is 39.9 Å². The number of nitrogens with one attached hydrogen (secondary N) is 1. The van der Waals surface area contributed by atoms with E-state index in [1.807, 2.05) is 0 Å². The number of non-ortho nitro benzene ring substituents is 2. The SMILES string of the molecule is O=C(N/N=C/c1ccc(Cl)o1)c1cc([N+](=O)[O-])cc([N+](=O)[O-])c1. The smallest absolute Gasteiger partial charge is 0.277 e. The second-order valence-corrected chi connectivity index (χ2v) is 4.47. The van der Waals surface area contributed by atoms with Gasteiger partial charge in [-0.3, -0.25) is 25.0 Å². The number of carbonyl (C=O) groups excluding carboxylic acids is 1. The number of nitro groups is 2. The number of hydrazone groups is 1. The Bertz CT molecular complexity index is 783. The van der Waals surface area contributed by atoms with Crippen molar-refractivity contribution < 1.29 is 19.1 Å². The van der Waals surface area contributed by atoms with E-state index >= 15 is 0 Å². The van der Waals surface area contributed by atoms with Crippen LogP contribution in [0.25, 0.3) is 0 Å². The topological polar surface area (TPSA) is 141 Å². The molecule has 1 aromatic heterocycles. The monoisotopic (exact) mass is 338 g/mol. The molecule has 0 saturated carbocycles. The molecule has 10 nitrogen and oxygen atoms in total. The lowest BCUT2D eigenvalue weighted by Gasteiger charge is -2.00. The Kier molecular flexibility index (Phi) is 4.66. The molecule has 0 atom stereocenters. The van der Waals surface area contributed by atoms with Crippen molar-refractivity contribution in [2.45, 2.75) is 0 Å². The van der Waals surface area contributed by atoms with E-state index in [4.69, 9.17) is 16.0 Å². The lowest BCUT2D eigenvalue weighted by atomic mass is 10.1. The third-order valence-corrected chi connectivity index (χ3v) is 2.74. The number of furan rings is 1. The highest BCUT2D eigenvalue weighted by Gasteiger charge is 2.19. The van der Waals surface area contributed by atoms with Crippen molar-refractivity contribution in [1.82, 2.24) is 5.43 Å². The molecule has 11 heteroatoms. The van der Waals surface area contributed by atoms with Crippen molar-refractivity contribution in [2.24, 2.45) is 5.10 Å². The molecule has 1 heterocycles. The van der Waals surface area contributed by atoms with Gasteiger partial charge in [0.1, 0.15) is 5.76 Å². The van der Waals surface area contributed by atoms with Gasteiger partial charge in [0.05, 0.1) is 27.7 Å². The van der Waals surface area contributed by atoms with Gasteiger partial charge in [0, 0.05) is 12.1 Å². The quantitative estimate of drug-likeness (QED) is 0.504. The Balaban J connectivity index is 2.19. The number of amides is 1. The number of benzene rings is 1. The molecular weight excluding hydrogens is 332 g/mol. The largest absolute Gasteiger partial charge is 0.444 e. The van der Waals surface area contributed by atoms with E-state index in [9.17, 15) is 25.0 Å². The summed E-state index contributed by atoms with van der Waals surface area (Å²) in [6.45, 7) is 0. The number of halogens is 1. The van der Waals surface area contributed by atoms with E-state index < -0.39 is 27.1 Å². The standard InChI is InChI=1S/C12H7ClN4O6/c13-11-2-1-10(23-11)6-14-15-12(18)7-3-8(16(19)20)5-9(4-7)17(21)22/h1-6H,(H,15,18)/b14-6+. The summed E-state index contributed by atoms with van der Waals surface area (Å²) in [6.07, 6.45) is 1.15. The van der Waals surface area contributed by atoms with E-state index in [0.29, 0.717) is 0 Å². The molecule has 1 aromatic carbocycles. The van der Waals surface area contributed by atoms with E-state index in [0.717, 1.165) is 24.4 Å². The van der Waals surface area contributed by atoms with Crippen molar-refractivity contribution in [1.29, 1.82) is 0 Å². The van der Waals surface area contributed by atoms with Crippen LogP contribution < -0.4 is 5.43 Å². The molecule has 2 aromatic rings. The average Bonchev–Trinajstić information content (AvgIpc) is 2.92. The summed E-state index contributed by atoms with van der Waals surface area (Å²) in [5.41, 5.74) is 0.639. The molecule has 0 bridgehead atoms. The van der Waals surface area contributed by atoms with Crippen LogP contribution in [0.5, 0.6) is 0 Å². The minimum atomic E-state index is -0.856. The van der Waals surface area contributed by atoms with Crippen LogP contribution in [0.1, 0.15) is 16.1 Å². The number of nitrogens with zero attached hydrogens (tertiary/aromatic N) is 3. The van der Waals surface area contributed by atoms with Crippen molar-refractivity contribution in [2.75, 3.05) is 0 Å². The minimum Gasteiger partial charge on any atom is -0.444 e. The molecule has 1 N–H and O–H groups in total. The molecule has 0 aliphatic rings. The fourth-order valence-corrected chi connectivity index (χ4v) is 1.71. The molecule has 0 saturated heterocycles. The van der Waals surface area contributed by atoms with Gasteiger partial charge in [-0.15, -0.1) is 0 Å². The lowest BCUT2D eigenvalue weighted by molar-refractivity contribution is -0.394. The predicted molar refractivity (Wildman–Crippen MR) is 78.5 cm³/mol. The number of hydrogen-bond donors (Lipinski definition) is 1. The van der Waals surface area contributed by atoms with Crippen LogP contribution in [0.3, 0.4) is 0 Å². The first-order valence-electron chi connectivity index (χ1n) is 5.89. The average molecular weight is 339 g/mol. The van der Waals surface area contributed by atoms with Crippen LogP contribution in [-0.2, 0) is 0 Å². The van der Waals surface area contributed by atoms with Gasteiger partial charge in [-0.2, -0.15) is 5.10 Å². The van der Waals surface area contributed by atoms with Gasteiger partial charge < -0.3 is 4.42 Å². The van der Waals surface area contributed by atoms with Gasteiger partial charge >= 0.3 is 0 Å². The van der Waals surface area contributed by atoms with E-state index in [1.165, 1.54) is 12.1 Å². The summed E-state index contributed by atoms with van der Waals surface area (Å²) < 4.78 is 4.96. The highest BCUT2D eigenvalue weighted by atomic mass is 35.5. The van der Waals surface area contributed by atoms with Gasteiger partial charge in [-0.05, 0) is 23.7 Å². The normalized spacial score (nSPS) is 10.7. The Morgan fingerprint density at radius 2 is 1.78 bits per heavy atom. The Morgan fingerprint density at radius 3 is 2.26 bits per heavy atom. The van der Waals surface area contributed by atoms with Crippen molar-refractivity contribution in [3.05, 3.63) is 67.1 Å². The molecule has 0 aliphatic heterocycles. The molecule has 1 amide bonds. The Labute approximate surface area is 132 Å². The lowest BCUT2D eigenvalue weighted by Crippen LogP contribution is -2.18. The summed E-state index contributed by atoms with van der Waals surface area (Å²) in [7, 11) is 0. The second-order valence-electron chi connectivity index (χ2n) is 4.09. The maximum absolute atomic E-state index is 11.9. The number of nitro benzene ring substituents is 2. The zero-order valence-corrected chi connectivity index (χ0v) is 11.9. The third kappa shape index (κ3) is 4.11. The Morgan fingerprint density at radius 1 is 1.17 bits per heavy atom. The van der Waals surface area contributed by atoms with Gasteiger partial charge in [-0.1, -0.05) is 0 Å². The third-order valence-electron chi connectivity index (χ3n) is 2.54. The van der Waals surface area contributed by atoms with Crippen LogP contribution in [-0.4, -0.2) is 22.0 Å². The maximum Gasteiger partial charge on any atom is 0.277 e. The molecule has 118 valence electrons. The summed E-state index contributed by atoms with van der Waals surface area (Å²) in [6, 6.07) is 5.53. The second kappa shape index (κ2) is 6.66. The summed E-state index contributed by atoms with van der Waals surface area (Å²) in [5.74, 6) is -0.592. The molecule has 0 fully saturated rings. The van der Waals surface area contributed by atoms with E-state index in [2.05, 4.69) is 10.5 Å². The van der Waals surface area contributed by atoms with Gasteiger partial charge in [0.15, 0.2) is 5.22 Å². The summed E-state index contributed by atoms with van der Waals surface area (Å²) in [4.78, 5) is 31.7. The van der Waals surface area contributed by atoms with Gasteiger partial charge in [0.25, 0.3) is 17.3 Å². The summed E-state index contributed by atoms with van der Waals surface area (Å²) in [5, 5.41) is 25.2. The number of rotatable bonds is 5. The molecule has 0 radical (unpaired) electrons. The predicted octanol–water partition coefficient (Wildman–Crippen LogP) is 2.51. The zero-order chi connectivity index (χ0) is 17.0. The van der Waals surface area contributed by atoms with Gasteiger partial charge in [-0.25, -0.2) is 5.43 Å². The highest BCUT2D eigenvalue weighted by molar-refractivity contribution is 6.28. The van der Waals surface area contributed by atoms with E-state index in [1.54, 1.807) is 0 Å². The van der Waals surface area contributed by atoms with E-state index in [-0.39, 0.29) is 16.5 Å². The molecular formula is C12H7ClN4O6. The number of carbonyl (C=O) groups is 1. The Hall–Kier alpha value is -3.27. The van der Waals surface area contributed by atoms with Crippen molar-refractivity contribution >= 4 is 35.1 Å². The first kappa shape index (κ1) is 16.1. The fourth-order valence-electron chi connectivity index (χ4n) is 1.55.